The minimum atomic E-state index is -0.573. The fourth-order valence-electron chi connectivity index (χ4n) is 2.12. The van der Waals surface area contributed by atoms with Gasteiger partial charge in [-0.15, -0.1) is 12.4 Å². The molecular weight excluding hydrogens is 330 g/mol. The number of likely N-dealkylation sites (N-methyl/N-ethyl adjacent to an activating group) is 1. The zero-order chi connectivity index (χ0) is 17.6. The van der Waals surface area contributed by atoms with Gasteiger partial charge in [0.25, 0.3) is 0 Å². The van der Waals surface area contributed by atoms with Crippen LogP contribution in [-0.4, -0.2) is 31.6 Å². The van der Waals surface area contributed by atoms with Crippen molar-refractivity contribution >= 4 is 24.3 Å². The molecule has 0 bridgehead atoms. The molecule has 0 aliphatic heterocycles. The minimum Gasteiger partial charge on any atom is -0.452 e. The number of rotatable bonds is 7. The van der Waals surface area contributed by atoms with E-state index in [0.717, 1.165) is 11.1 Å². The molecule has 1 N–H and O–H groups in total. The van der Waals surface area contributed by atoms with Gasteiger partial charge < -0.3 is 14.8 Å². The molecule has 24 heavy (non-hydrogen) atoms. The summed E-state index contributed by atoms with van der Waals surface area (Å²) in [4.78, 5) is 23.6. The van der Waals surface area contributed by atoms with Crippen molar-refractivity contribution in [3.05, 3.63) is 29.3 Å². The van der Waals surface area contributed by atoms with Gasteiger partial charge in [-0.25, -0.2) is 4.79 Å². The van der Waals surface area contributed by atoms with E-state index < -0.39 is 24.6 Å². The Bertz CT molecular complexity index is 532. The number of carbonyl (C=O) groups is 2. The van der Waals surface area contributed by atoms with Gasteiger partial charge in [-0.05, 0) is 36.9 Å². The van der Waals surface area contributed by atoms with Crippen LogP contribution >= 0.6 is 12.4 Å². The van der Waals surface area contributed by atoms with Crippen molar-refractivity contribution in [2.75, 3.05) is 13.7 Å². The molecule has 0 saturated carbocycles. The summed E-state index contributed by atoms with van der Waals surface area (Å²) >= 11 is 0. The monoisotopic (exact) mass is 357 g/mol. The van der Waals surface area contributed by atoms with Crippen LogP contribution < -0.4 is 10.1 Å². The van der Waals surface area contributed by atoms with Crippen LogP contribution in [-0.2, 0) is 14.3 Å². The van der Waals surface area contributed by atoms with Crippen LogP contribution in [0.5, 0.6) is 5.75 Å². The van der Waals surface area contributed by atoms with E-state index in [-0.39, 0.29) is 24.2 Å². The number of esters is 2. The maximum absolute atomic E-state index is 12.1. The highest BCUT2D eigenvalue weighted by molar-refractivity contribution is 5.85. The largest absolute Gasteiger partial charge is 0.452 e. The van der Waals surface area contributed by atoms with E-state index in [2.05, 4.69) is 5.32 Å². The Kier molecular flexibility index (Phi) is 9.63. The van der Waals surface area contributed by atoms with Crippen molar-refractivity contribution in [1.82, 2.24) is 5.32 Å². The van der Waals surface area contributed by atoms with Crippen LogP contribution in [0.2, 0.25) is 0 Å². The molecule has 1 aromatic carbocycles. The summed E-state index contributed by atoms with van der Waals surface area (Å²) in [5.41, 5.74) is 1.94. The number of benzene rings is 1. The molecule has 6 heteroatoms. The van der Waals surface area contributed by atoms with Crippen LogP contribution in [0.15, 0.2) is 18.2 Å². The molecule has 1 rings (SSSR count). The SMILES string of the molecule is CN[C@@H](C)C(=O)OCC(=O)Oc1c(C(C)C)cccc1C(C)C.Cl. The summed E-state index contributed by atoms with van der Waals surface area (Å²) in [5, 5.41) is 2.76. The zero-order valence-corrected chi connectivity index (χ0v) is 16.0. The second kappa shape index (κ2) is 10.3. The number of hydrogen-bond acceptors (Lipinski definition) is 5. The molecule has 1 aromatic rings. The van der Waals surface area contributed by atoms with E-state index in [4.69, 9.17) is 9.47 Å². The van der Waals surface area contributed by atoms with Crippen LogP contribution in [0.25, 0.3) is 0 Å². The highest BCUT2D eigenvalue weighted by atomic mass is 35.5. The van der Waals surface area contributed by atoms with Gasteiger partial charge in [0.05, 0.1) is 0 Å². The van der Waals surface area contributed by atoms with Gasteiger partial charge in [-0.3, -0.25) is 4.79 Å². The van der Waals surface area contributed by atoms with Crippen LogP contribution in [0.4, 0.5) is 0 Å². The number of nitrogens with one attached hydrogen (secondary N) is 1. The fraction of sp³-hybridized carbons (Fsp3) is 0.556. The number of carbonyl (C=O) groups excluding carboxylic acids is 2. The molecule has 0 aliphatic rings. The summed E-state index contributed by atoms with van der Waals surface area (Å²) in [6, 6.07) is 5.41. The topological polar surface area (TPSA) is 64.6 Å². The molecule has 0 spiro atoms. The quantitative estimate of drug-likeness (QED) is 0.598. The average molecular weight is 358 g/mol. The third-order valence-corrected chi connectivity index (χ3v) is 3.65. The van der Waals surface area contributed by atoms with Gasteiger partial charge in [0, 0.05) is 0 Å². The molecule has 5 nitrogen and oxygen atoms in total. The predicted octanol–water partition coefficient (Wildman–Crippen LogP) is 3.41. The summed E-state index contributed by atoms with van der Waals surface area (Å²) < 4.78 is 10.5. The Morgan fingerprint density at radius 2 is 1.54 bits per heavy atom. The molecule has 0 unspecified atom stereocenters. The van der Waals surface area contributed by atoms with Crippen molar-refractivity contribution < 1.29 is 19.1 Å². The molecule has 0 radical (unpaired) electrons. The number of ether oxygens (including phenoxy) is 2. The molecule has 136 valence electrons. The maximum Gasteiger partial charge on any atom is 0.349 e. The lowest BCUT2D eigenvalue weighted by molar-refractivity contribution is -0.154. The first-order chi connectivity index (χ1) is 10.8. The summed E-state index contributed by atoms with van der Waals surface area (Å²) in [7, 11) is 1.65. The Hall–Kier alpha value is -1.59. The van der Waals surface area contributed by atoms with Crippen molar-refractivity contribution in [2.24, 2.45) is 0 Å². The molecule has 0 amide bonds. The molecular formula is C18H28ClNO4. The predicted molar refractivity (Wildman–Crippen MR) is 97.0 cm³/mol. The van der Waals surface area contributed by atoms with Crippen molar-refractivity contribution in [3.8, 4) is 5.75 Å². The fourth-order valence-corrected chi connectivity index (χ4v) is 2.12. The van der Waals surface area contributed by atoms with E-state index in [1.165, 1.54) is 0 Å². The van der Waals surface area contributed by atoms with Gasteiger partial charge >= 0.3 is 11.9 Å². The second-order valence-electron chi connectivity index (χ2n) is 6.17. The number of halogens is 1. The van der Waals surface area contributed by atoms with E-state index in [1.54, 1.807) is 14.0 Å². The van der Waals surface area contributed by atoms with Crippen LogP contribution in [0.3, 0.4) is 0 Å². The van der Waals surface area contributed by atoms with Crippen LogP contribution in [0.1, 0.15) is 57.6 Å². The standard InChI is InChI=1S/C18H27NO4.ClH/c1-11(2)14-8-7-9-15(12(3)4)17(14)23-16(20)10-22-18(21)13(5)19-6;/h7-9,11-13,19H,10H2,1-6H3;1H/t13-;/m0./s1. The molecule has 0 aliphatic carbocycles. The van der Waals surface area contributed by atoms with E-state index in [9.17, 15) is 9.59 Å². The first-order valence-electron chi connectivity index (χ1n) is 7.95. The van der Waals surface area contributed by atoms with E-state index in [1.807, 2.05) is 45.9 Å². The van der Waals surface area contributed by atoms with Crippen molar-refractivity contribution in [2.45, 2.75) is 52.5 Å². The highest BCUT2D eigenvalue weighted by Crippen LogP contribution is 2.34. The van der Waals surface area contributed by atoms with Gasteiger partial charge in [-0.2, -0.15) is 0 Å². The molecule has 0 heterocycles. The van der Waals surface area contributed by atoms with Crippen molar-refractivity contribution in [1.29, 1.82) is 0 Å². The zero-order valence-electron chi connectivity index (χ0n) is 15.2. The smallest absolute Gasteiger partial charge is 0.349 e. The van der Waals surface area contributed by atoms with Crippen LogP contribution in [0, 0.1) is 0 Å². The van der Waals surface area contributed by atoms with Gasteiger partial charge in [0.1, 0.15) is 11.8 Å². The lowest BCUT2D eigenvalue weighted by atomic mass is 9.94. The normalized spacial score (nSPS) is 11.8. The number of hydrogen-bond donors (Lipinski definition) is 1. The van der Waals surface area contributed by atoms with Gasteiger partial charge in [-0.1, -0.05) is 45.9 Å². The average Bonchev–Trinajstić information content (AvgIpc) is 2.51. The Labute approximate surface area is 150 Å². The minimum absolute atomic E-state index is 0. The Balaban J connectivity index is 0.00000529. The van der Waals surface area contributed by atoms with E-state index >= 15 is 0 Å². The van der Waals surface area contributed by atoms with Crippen molar-refractivity contribution in [3.63, 3.8) is 0 Å². The summed E-state index contributed by atoms with van der Waals surface area (Å²) in [6.45, 7) is 9.46. The van der Waals surface area contributed by atoms with Gasteiger partial charge in [0.15, 0.2) is 6.61 Å². The highest BCUT2D eigenvalue weighted by Gasteiger charge is 2.20. The maximum atomic E-state index is 12.1. The van der Waals surface area contributed by atoms with Gasteiger partial charge in [0.2, 0.25) is 0 Å². The molecule has 0 fully saturated rings. The molecule has 0 saturated heterocycles. The summed E-state index contributed by atoms with van der Waals surface area (Å²) in [5.74, 6) is -0.0192. The first kappa shape index (κ1) is 22.4. The third kappa shape index (κ3) is 6.13. The Morgan fingerprint density at radius 1 is 1.04 bits per heavy atom. The molecule has 1 atom stereocenters. The lowest BCUT2D eigenvalue weighted by Crippen LogP contribution is -2.34. The van der Waals surface area contributed by atoms with E-state index in [0.29, 0.717) is 5.75 Å². The number of para-hydroxylation sites is 1. The Morgan fingerprint density at radius 3 is 1.96 bits per heavy atom. The second-order valence-corrected chi connectivity index (χ2v) is 6.17. The summed E-state index contributed by atoms with van der Waals surface area (Å²) in [6.07, 6.45) is 0. The lowest BCUT2D eigenvalue weighted by Gasteiger charge is -2.19. The first-order valence-corrected chi connectivity index (χ1v) is 7.95. The molecule has 0 aromatic heterocycles. The third-order valence-electron chi connectivity index (χ3n) is 3.65.